The number of aliphatic hydroxyl groups excluding tert-OH is 1. The summed E-state index contributed by atoms with van der Waals surface area (Å²) in [5.41, 5.74) is 8.71. The van der Waals surface area contributed by atoms with Gasteiger partial charge in [-0.3, -0.25) is 0 Å². The molecular formula is C18H27NO2. The Morgan fingerprint density at radius 2 is 2.00 bits per heavy atom. The van der Waals surface area contributed by atoms with Crippen LogP contribution in [-0.2, 0) is 6.42 Å². The molecule has 2 aliphatic rings. The van der Waals surface area contributed by atoms with E-state index >= 15 is 0 Å². The van der Waals surface area contributed by atoms with Crippen molar-refractivity contribution in [3.05, 3.63) is 29.3 Å². The lowest BCUT2D eigenvalue weighted by Gasteiger charge is -2.23. The largest absolute Gasteiger partial charge is 0.491 e. The average molecular weight is 289 g/mol. The van der Waals surface area contributed by atoms with Crippen LogP contribution in [0.2, 0.25) is 0 Å². The SMILES string of the molecule is NC1CCCc2cc(OCC(O)CC3CCCC3)ccc21. The zero-order valence-corrected chi connectivity index (χ0v) is 12.8. The molecular weight excluding hydrogens is 262 g/mol. The number of hydrogen-bond acceptors (Lipinski definition) is 3. The summed E-state index contributed by atoms with van der Waals surface area (Å²) in [7, 11) is 0. The topological polar surface area (TPSA) is 55.5 Å². The van der Waals surface area contributed by atoms with Crippen LogP contribution < -0.4 is 10.5 Å². The second-order valence-electron chi connectivity index (χ2n) is 6.71. The second-order valence-corrected chi connectivity index (χ2v) is 6.71. The molecule has 3 rings (SSSR count). The molecule has 0 amide bonds. The number of rotatable bonds is 5. The van der Waals surface area contributed by atoms with Crippen molar-refractivity contribution in [3.63, 3.8) is 0 Å². The van der Waals surface area contributed by atoms with E-state index in [9.17, 15) is 5.11 Å². The van der Waals surface area contributed by atoms with E-state index < -0.39 is 0 Å². The fraction of sp³-hybridized carbons (Fsp3) is 0.667. The van der Waals surface area contributed by atoms with E-state index in [-0.39, 0.29) is 12.1 Å². The van der Waals surface area contributed by atoms with Crippen molar-refractivity contribution in [3.8, 4) is 5.75 Å². The van der Waals surface area contributed by atoms with Crippen LogP contribution in [0.3, 0.4) is 0 Å². The molecule has 0 radical (unpaired) electrons. The molecule has 3 nitrogen and oxygen atoms in total. The highest BCUT2D eigenvalue weighted by atomic mass is 16.5. The van der Waals surface area contributed by atoms with Gasteiger partial charge in [0.2, 0.25) is 0 Å². The van der Waals surface area contributed by atoms with Crippen molar-refractivity contribution in [1.29, 1.82) is 0 Å². The molecule has 2 atom stereocenters. The Labute approximate surface area is 127 Å². The lowest BCUT2D eigenvalue weighted by Crippen LogP contribution is -2.21. The summed E-state index contributed by atoms with van der Waals surface area (Å²) in [6, 6.07) is 6.37. The summed E-state index contributed by atoms with van der Waals surface area (Å²) < 4.78 is 5.79. The van der Waals surface area contributed by atoms with E-state index in [1.165, 1.54) is 36.8 Å². The molecule has 116 valence electrons. The number of hydrogen-bond donors (Lipinski definition) is 2. The van der Waals surface area contributed by atoms with Gasteiger partial charge in [-0.15, -0.1) is 0 Å². The van der Waals surface area contributed by atoms with Crippen molar-refractivity contribution in [2.45, 2.75) is 63.5 Å². The van der Waals surface area contributed by atoms with Crippen molar-refractivity contribution < 1.29 is 9.84 Å². The molecule has 3 heteroatoms. The van der Waals surface area contributed by atoms with Crippen molar-refractivity contribution >= 4 is 0 Å². The number of fused-ring (bicyclic) bond motifs is 1. The van der Waals surface area contributed by atoms with Crippen molar-refractivity contribution in [2.75, 3.05) is 6.61 Å². The monoisotopic (exact) mass is 289 g/mol. The lowest BCUT2D eigenvalue weighted by atomic mass is 9.88. The van der Waals surface area contributed by atoms with E-state index in [4.69, 9.17) is 10.5 Å². The van der Waals surface area contributed by atoms with E-state index in [0.717, 1.165) is 31.4 Å². The Kier molecular flexibility index (Phi) is 4.81. The van der Waals surface area contributed by atoms with Gasteiger partial charge in [-0.2, -0.15) is 0 Å². The van der Waals surface area contributed by atoms with Gasteiger partial charge in [0.1, 0.15) is 12.4 Å². The normalized spacial score (nSPS) is 23.8. The molecule has 1 fully saturated rings. The number of nitrogens with two attached hydrogens (primary N) is 1. The Bertz CT molecular complexity index is 468. The maximum Gasteiger partial charge on any atom is 0.119 e. The zero-order chi connectivity index (χ0) is 14.7. The number of benzene rings is 1. The third-order valence-corrected chi connectivity index (χ3v) is 5.00. The van der Waals surface area contributed by atoms with Gasteiger partial charge >= 0.3 is 0 Å². The average Bonchev–Trinajstić information content (AvgIpc) is 2.98. The van der Waals surface area contributed by atoms with Crippen LogP contribution in [0.15, 0.2) is 18.2 Å². The van der Waals surface area contributed by atoms with Crippen molar-refractivity contribution in [1.82, 2.24) is 0 Å². The summed E-state index contributed by atoms with van der Waals surface area (Å²) in [4.78, 5) is 0. The van der Waals surface area contributed by atoms with Gasteiger partial charge in [0, 0.05) is 6.04 Å². The molecule has 2 unspecified atom stereocenters. The molecule has 0 heterocycles. The van der Waals surface area contributed by atoms with E-state index in [1.54, 1.807) is 0 Å². The minimum atomic E-state index is -0.341. The van der Waals surface area contributed by atoms with Crippen LogP contribution in [0.25, 0.3) is 0 Å². The molecule has 1 aromatic rings. The number of ether oxygens (including phenoxy) is 1. The second kappa shape index (κ2) is 6.80. The van der Waals surface area contributed by atoms with E-state index in [1.807, 2.05) is 6.07 Å². The van der Waals surface area contributed by atoms with Crippen LogP contribution >= 0.6 is 0 Å². The molecule has 0 spiro atoms. The fourth-order valence-electron chi connectivity index (χ4n) is 3.81. The maximum atomic E-state index is 10.1. The highest BCUT2D eigenvalue weighted by molar-refractivity contribution is 5.38. The Morgan fingerprint density at radius 1 is 1.19 bits per heavy atom. The molecule has 0 aromatic heterocycles. The van der Waals surface area contributed by atoms with Crippen LogP contribution in [0.4, 0.5) is 0 Å². The maximum absolute atomic E-state index is 10.1. The first-order chi connectivity index (χ1) is 10.2. The van der Waals surface area contributed by atoms with Gasteiger partial charge in [-0.05, 0) is 54.9 Å². The Morgan fingerprint density at radius 3 is 2.81 bits per heavy atom. The smallest absolute Gasteiger partial charge is 0.119 e. The standard InChI is InChI=1S/C18H27NO2/c19-18-7-3-6-14-11-16(8-9-17(14)18)21-12-15(20)10-13-4-1-2-5-13/h8-9,11,13,15,18,20H,1-7,10,12,19H2. The minimum Gasteiger partial charge on any atom is -0.491 e. The van der Waals surface area contributed by atoms with Gasteiger partial charge in [0.25, 0.3) is 0 Å². The quantitative estimate of drug-likeness (QED) is 0.874. The number of aliphatic hydroxyl groups is 1. The first-order valence-corrected chi connectivity index (χ1v) is 8.41. The van der Waals surface area contributed by atoms with Crippen LogP contribution in [0, 0.1) is 5.92 Å². The molecule has 0 bridgehead atoms. The van der Waals surface area contributed by atoms with Gasteiger partial charge < -0.3 is 15.6 Å². The molecule has 3 N–H and O–H groups in total. The molecule has 1 saturated carbocycles. The molecule has 2 aliphatic carbocycles. The predicted octanol–water partition coefficient (Wildman–Crippen LogP) is 3.34. The lowest BCUT2D eigenvalue weighted by molar-refractivity contribution is 0.0855. The Hall–Kier alpha value is -1.06. The zero-order valence-electron chi connectivity index (χ0n) is 12.8. The van der Waals surface area contributed by atoms with E-state index in [0.29, 0.717) is 12.5 Å². The number of aryl methyl sites for hydroxylation is 1. The first kappa shape index (κ1) is 14.9. The molecule has 0 saturated heterocycles. The minimum absolute atomic E-state index is 0.177. The van der Waals surface area contributed by atoms with Crippen molar-refractivity contribution in [2.24, 2.45) is 11.7 Å². The summed E-state index contributed by atoms with van der Waals surface area (Å²) in [5.74, 6) is 1.57. The third-order valence-electron chi connectivity index (χ3n) is 5.00. The Balaban J connectivity index is 1.53. The summed E-state index contributed by atoms with van der Waals surface area (Å²) in [6.45, 7) is 0.404. The van der Waals surface area contributed by atoms with E-state index in [2.05, 4.69) is 12.1 Å². The van der Waals surface area contributed by atoms with Gasteiger partial charge in [0.05, 0.1) is 6.10 Å². The summed E-state index contributed by atoms with van der Waals surface area (Å²) >= 11 is 0. The molecule has 1 aromatic carbocycles. The third kappa shape index (κ3) is 3.78. The molecule has 21 heavy (non-hydrogen) atoms. The summed E-state index contributed by atoms with van der Waals surface area (Å²) in [6.07, 6.45) is 9.05. The summed E-state index contributed by atoms with van der Waals surface area (Å²) in [5, 5.41) is 10.1. The predicted molar refractivity (Wildman–Crippen MR) is 84.4 cm³/mol. The van der Waals surface area contributed by atoms with Gasteiger partial charge in [-0.25, -0.2) is 0 Å². The van der Waals surface area contributed by atoms with Gasteiger partial charge in [0.15, 0.2) is 0 Å². The van der Waals surface area contributed by atoms with Crippen LogP contribution in [0.1, 0.15) is 62.1 Å². The van der Waals surface area contributed by atoms with Crippen LogP contribution in [-0.4, -0.2) is 17.8 Å². The highest BCUT2D eigenvalue weighted by Gasteiger charge is 2.20. The van der Waals surface area contributed by atoms with Crippen LogP contribution in [0.5, 0.6) is 5.75 Å². The fourth-order valence-corrected chi connectivity index (χ4v) is 3.81. The first-order valence-electron chi connectivity index (χ1n) is 8.41. The van der Waals surface area contributed by atoms with Gasteiger partial charge in [-0.1, -0.05) is 31.7 Å². The highest BCUT2D eigenvalue weighted by Crippen LogP contribution is 2.31. The molecule has 0 aliphatic heterocycles.